The van der Waals surface area contributed by atoms with E-state index in [-0.39, 0.29) is 19.0 Å². The first-order valence-electron chi connectivity index (χ1n) is 6.77. The summed E-state index contributed by atoms with van der Waals surface area (Å²) in [5.74, 6) is -0.363. The largest absolute Gasteiger partial charge is 0.388 e. The normalized spacial score (nSPS) is 17.6. The third kappa shape index (κ3) is 3.80. The molecule has 1 heterocycles. The Morgan fingerprint density at radius 1 is 1.35 bits per heavy atom. The highest BCUT2D eigenvalue weighted by atomic mass is 16.3. The molecule has 0 bridgehead atoms. The van der Waals surface area contributed by atoms with Crippen LogP contribution in [-0.4, -0.2) is 32.7 Å². The van der Waals surface area contributed by atoms with E-state index in [0.29, 0.717) is 12.8 Å². The number of carbonyl (C=O) groups is 1. The van der Waals surface area contributed by atoms with Crippen LogP contribution in [0.2, 0.25) is 0 Å². The van der Waals surface area contributed by atoms with Crippen LogP contribution in [-0.2, 0) is 11.3 Å². The molecule has 1 aliphatic rings. The van der Waals surface area contributed by atoms with Gasteiger partial charge in [0.15, 0.2) is 0 Å². The van der Waals surface area contributed by atoms with E-state index in [1.165, 1.54) is 12.3 Å². The molecule has 1 aliphatic carbocycles. The number of aromatic amines is 1. The van der Waals surface area contributed by atoms with E-state index in [1.807, 2.05) is 0 Å². The molecule has 0 spiro atoms. The number of hydrogen-bond donors (Lipinski definition) is 3. The average molecular weight is 281 g/mol. The zero-order valence-electron chi connectivity index (χ0n) is 11.2. The maximum atomic E-state index is 11.8. The van der Waals surface area contributed by atoms with Crippen LogP contribution < -0.4 is 16.6 Å². The standard InChI is InChI=1S/C13H19N3O4/c17-10-4-7-16(12(19)15-10)8-11(18)14-9-13(20)5-2-1-3-6-13/h4,7,20H,1-3,5-6,8-9H2,(H,14,18)(H,15,17,19). The first-order valence-corrected chi connectivity index (χ1v) is 6.77. The van der Waals surface area contributed by atoms with Gasteiger partial charge in [-0.3, -0.25) is 19.1 Å². The number of nitrogens with zero attached hydrogens (tertiary/aromatic N) is 1. The van der Waals surface area contributed by atoms with E-state index < -0.39 is 16.9 Å². The van der Waals surface area contributed by atoms with Crippen molar-refractivity contribution in [1.82, 2.24) is 14.9 Å². The predicted octanol–water partition coefficient (Wildman–Crippen LogP) is -0.652. The highest BCUT2D eigenvalue weighted by molar-refractivity contribution is 5.75. The summed E-state index contributed by atoms with van der Waals surface area (Å²) in [6, 6.07) is 1.18. The van der Waals surface area contributed by atoms with Gasteiger partial charge in [0.1, 0.15) is 6.54 Å². The van der Waals surface area contributed by atoms with Gasteiger partial charge in [-0.2, -0.15) is 0 Å². The zero-order chi connectivity index (χ0) is 14.6. The summed E-state index contributed by atoms with van der Waals surface area (Å²) >= 11 is 0. The van der Waals surface area contributed by atoms with Crippen molar-refractivity contribution < 1.29 is 9.90 Å². The van der Waals surface area contributed by atoms with Gasteiger partial charge in [-0.25, -0.2) is 4.79 Å². The van der Waals surface area contributed by atoms with Gasteiger partial charge in [0.05, 0.1) is 5.60 Å². The summed E-state index contributed by atoms with van der Waals surface area (Å²) in [5, 5.41) is 12.9. The van der Waals surface area contributed by atoms with E-state index in [2.05, 4.69) is 10.3 Å². The van der Waals surface area contributed by atoms with Gasteiger partial charge in [0.25, 0.3) is 5.56 Å². The summed E-state index contributed by atoms with van der Waals surface area (Å²) < 4.78 is 1.11. The molecule has 1 aromatic rings. The van der Waals surface area contributed by atoms with Crippen LogP contribution in [0.5, 0.6) is 0 Å². The number of rotatable bonds is 4. The van der Waals surface area contributed by atoms with E-state index in [1.54, 1.807) is 0 Å². The molecule has 0 unspecified atom stereocenters. The fourth-order valence-electron chi connectivity index (χ4n) is 2.43. The van der Waals surface area contributed by atoms with E-state index in [0.717, 1.165) is 23.8 Å². The minimum atomic E-state index is -0.829. The van der Waals surface area contributed by atoms with Crippen molar-refractivity contribution in [2.75, 3.05) is 6.54 Å². The third-order valence-corrected chi connectivity index (χ3v) is 3.61. The molecule has 20 heavy (non-hydrogen) atoms. The molecule has 0 saturated heterocycles. The summed E-state index contributed by atoms with van der Waals surface area (Å²) in [6.07, 6.45) is 5.69. The lowest BCUT2D eigenvalue weighted by molar-refractivity contribution is -0.123. The van der Waals surface area contributed by atoms with E-state index >= 15 is 0 Å². The van der Waals surface area contributed by atoms with Crippen molar-refractivity contribution in [2.24, 2.45) is 0 Å². The Morgan fingerprint density at radius 2 is 2.05 bits per heavy atom. The second kappa shape index (κ2) is 6.04. The van der Waals surface area contributed by atoms with Crippen molar-refractivity contribution in [2.45, 2.75) is 44.2 Å². The monoisotopic (exact) mass is 281 g/mol. The second-order valence-electron chi connectivity index (χ2n) is 5.30. The quantitative estimate of drug-likeness (QED) is 0.682. The molecule has 7 nitrogen and oxygen atoms in total. The first kappa shape index (κ1) is 14.5. The maximum Gasteiger partial charge on any atom is 0.328 e. The van der Waals surface area contributed by atoms with Crippen molar-refractivity contribution in [3.63, 3.8) is 0 Å². The molecule has 7 heteroatoms. The van der Waals surface area contributed by atoms with Gasteiger partial charge in [0, 0.05) is 18.8 Å². The lowest BCUT2D eigenvalue weighted by Gasteiger charge is -2.32. The molecular weight excluding hydrogens is 262 g/mol. The maximum absolute atomic E-state index is 11.8. The van der Waals surface area contributed by atoms with Gasteiger partial charge in [-0.05, 0) is 12.8 Å². The first-order chi connectivity index (χ1) is 9.48. The number of amides is 1. The van der Waals surface area contributed by atoms with Crippen LogP contribution in [0.1, 0.15) is 32.1 Å². The number of H-pyrrole nitrogens is 1. The highest BCUT2D eigenvalue weighted by Crippen LogP contribution is 2.27. The molecule has 2 rings (SSSR count). The Kier molecular flexibility index (Phi) is 4.39. The fraction of sp³-hybridized carbons (Fsp3) is 0.615. The Labute approximate surface area is 115 Å². The Bertz CT molecular complexity index is 584. The Morgan fingerprint density at radius 3 is 2.70 bits per heavy atom. The average Bonchev–Trinajstić information content (AvgIpc) is 2.41. The van der Waals surface area contributed by atoms with Gasteiger partial charge >= 0.3 is 5.69 Å². The lowest BCUT2D eigenvalue weighted by Crippen LogP contribution is -2.45. The van der Waals surface area contributed by atoms with Crippen LogP contribution in [0, 0.1) is 0 Å². The minimum absolute atomic E-state index is 0.175. The highest BCUT2D eigenvalue weighted by Gasteiger charge is 2.29. The van der Waals surface area contributed by atoms with Crippen molar-refractivity contribution in [3.05, 3.63) is 33.1 Å². The van der Waals surface area contributed by atoms with Crippen LogP contribution in [0.4, 0.5) is 0 Å². The number of carbonyl (C=O) groups excluding carboxylic acids is 1. The molecule has 0 atom stereocenters. The van der Waals surface area contributed by atoms with Crippen LogP contribution in [0.25, 0.3) is 0 Å². The second-order valence-corrected chi connectivity index (χ2v) is 5.30. The van der Waals surface area contributed by atoms with Crippen LogP contribution >= 0.6 is 0 Å². The lowest BCUT2D eigenvalue weighted by atomic mass is 9.85. The molecule has 110 valence electrons. The Balaban J connectivity index is 1.89. The van der Waals surface area contributed by atoms with Crippen molar-refractivity contribution in [3.8, 4) is 0 Å². The third-order valence-electron chi connectivity index (χ3n) is 3.61. The zero-order valence-corrected chi connectivity index (χ0v) is 11.2. The summed E-state index contributed by atoms with van der Waals surface area (Å²) in [6.45, 7) is 0.0234. The molecule has 0 radical (unpaired) electrons. The number of aliphatic hydroxyl groups is 1. The molecule has 0 aliphatic heterocycles. The SMILES string of the molecule is O=C(Cn1ccc(=O)[nH]c1=O)NCC1(O)CCCCC1. The molecule has 0 aromatic carbocycles. The summed E-state index contributed by atoms with van der Waals surface area (Å²) in [4.78, 5) is 36.2. The topological polar surface area (TPSA) is 104 Å². The molecule has 1 fully saturated rings. The van der Waals surface area contributed by atoms with Crippen molar-refractivity contribution >= 4 is 5.91 Å². The number of aromatic nitrogens is 2. The molecular formula is C13H19N3O4. The smallest absolute Gasteiger partial charge is 0.328 e. The van der Waals surface area contributed by atoms with Gasteiger partial charge in [-0.15, -0.1) is 0 Å². The van der Waals surface area contributed by atoms with Crippen molar-refractivity contribution in [1.29, 1.82) is 0 Å². The minimum Gasteiger partial charge on any atom is -0.388 e. The van der Waals surface area contributed by atoms with Gasteiger partial charge in [0.2, 0.25) is 5.91 Å². The van der Waals surface area contributed by atoms with Crippen LogP contribution in [0.15, 0.2) is 21.9 Å². The van der Waals surface area contributed by atoms with Crippen LogP contribution in [0.3, 0.4) is 0 Å². The van der Waals surface area contributed by atoms with E-state index in [9.17, 15) is 19.5 Å². The van der Waals surface area contributed by atoms with Gasteiger partial charge in [-0.1, -0.05) is 19.3 Å². The fourth-order valence-corrected chi connectivity index (χ4v) is 2.43. The predicted molar refractivity (Wildman–Crippen MR) is 72.4 cm³/mol. The molecule has 1 aromatic heterocycles. The molecule has 1 saturated carbocycles. The van der Waals surface area contributed by atoms with E-state index in [4.69, 9.17) is 0 Å². The Hall–Kier alpha value is -1.89. The number of nitrogens with one attached hydrogen (secondary N) is 2. The summed E-state index contributed by atoms with van der Waals surface area (Å²) in [7, 11) is 0. The summed E-state index contributed by atoms with van der Waals surface area (Å²) in [5.41, 5.74) is -1.95. The van der Waals surface area contributed by atoms with Gasteiger partial charge < -0.3 is 10.4 Å². The molecule has 1 amide bonds. The molecule has 3 N–H and O–H groups in total. The number of hydrogen-bond acceptors (Lipinski definition) is 4.